The van der Waals surface area contributed by atoms with E-state index in [0.717, 1.165) is 39.1 Å². The van der Waals surface area contributed by atoms with Gasteiger partial charge in [-0.1, -0.05) is 13.8 Å². The van der Waals surface area contributed by atoms with Crippen molar-refractivity contribution in [2.24, 2.45) is 5.41 Å². The molecule has 6 saturated heterocycles. The lowest BCUT2D eigenvalue weighted by atomic mass is 9.90. The van der Waals surface area contributed by atoms with Gasteiger partial charge in [0.2, 0.25) is 0 Å². The second kappa shape index (κ2) is 41.2. The molecule has 6 heterocycles. The number of hydrogen-bond donors (Lipinski definition) is 10. The number of carbonyl (C=O) groups excluding carboxylic acids is 6. The van der Waals surface area contributed by atoms with Gasteiger partial charge >= 0.3 is 36.2 Å². The maximum atomic E-state index is 12.4. The van der Waals surface area contributed by atoms with Crippen LogP contribution in [0.25, 0.3) is 0 Å². The monoisotopic (exact) mass is 1250 g/mol. The van der Waals surface area contributed by atoms with E-state index in [0.29, 0.717) is 79.1 Å². The first-order chi connectivity index (χ1) is 41.0. The Labute approximate surface area is 503 Å². The number of aliphatic hydroxyl groups excluding tert-OH is 10. The Kier molecular flexibility index (Phi) is 37.8. The van der Waals surface area contributed by atoms with Gasteiger partial charge < -0.3 is 118 Å². The van der Waals surface area contributed by atoms with E-state index in [9.17, 15) is 49.2 Å². The molecule has 12 amide bonds. The molecule has 86 heavy (non-hydrogen) atoms. The predicted octanol–water partition coefficient (Wildman–Crippen LogP) is -5.01. The van der Waals surface area contributed by atoms with Gasteiger partial charge in [-0.05, 0) is 13.3 Å². The van der Waals surface area contributed by atoms with Crippen molar-refractivity contribution < 1.29 is 118 Å². The Hall–Kier alpha value is -5.10. The molecule has 0 aromatic carbocycles. The van der Waals surface area contributed by atoms with Crippen LogP contribution in [0.3, 0.4) is 0 Å². The van der Waals surface area contributed by atoms with Gasteiger partial charge in [0.15, 0.2) is 18.0 Å². The molecule has 2 unspecified atom stereocenters. The number of methoxy groups -OCH3 is 7. The summed E-state index contributed by atoms with van der Waals surface area (Å²) in [6, 6.07) is -1.33. The highest BCUT2D eigenvalue weighted by Crippen LogP contribution is 2.42. The van der Waals surface area contributed by atoms with Gasteiger partial charge in [-0.15, -0.1) is 0 Å². The largest absolute Gasteiger partial charge is 0.395 e. The molecule has 10 N–H and O–H groups in total. The maximum absolute atomic E-state index is 12.4. The summed E-state index contributed by atoms with van der Waals surface area (Å²) in [7, 11) is 10.2. The van der Waals surface area contributed by atoms with Crippen LogP contribution in [-0.2, 0) is 37.9 Å². The second-order valence-electron chi connectivity index (χ2n) is 20.3. The van der Waals surface area contributed by atoms with E-state index < -0.39 is 49.2 Å². The van der Waals surface area contributed by atoms with Gasteiger partial charge in [0.05, 0.1) is 52.9 Å². The average molecular weight is 1250 g/mol. The molecule has 6 aliphatic heterocycles. The van der Waals surface area contributed by atoms with Crippen LogP contribution in [-0.4, -0.2) is 405 Å². The normalized spacial score (nSPS) is 20.8. The summed E-state index contributed by atoms with van der Waals surface area (Å²) in [5.41, 5.74) is -1.52. The van der Waals surface area contributed by atoms with Crippen LogP contribution in [0.4, 0.5) is 28.8 Å². The third-order valence-electron chi connectivity index (χ3n) is 13.7. The summed E-state index contributed by atoms with van der Waals surface area (Å²) in [5, 5.41) is 90.8. The van der Waals surface area contributed by atoms with E-state index in [1.54, 1.807) is 57.7 Å². The molecule has 36 heteroatoms. The summed E-state index contributed by atoms with van der Waals surface area (Å²) in [6.45, 7) is 11.6. The number of nitrogens with zero attached hydrogens (tertiary/aromatic N) is 12. The van der Waals surface area contributed by atoms with Gasteiger partial charge in [0, 0.05) is 140 Å². The first-order valence-corrected chi connectivity index (χ1v) is 27.7. The molecule has 6 fully saturated rings. The van der Waals surface area contributed by atoms with Crippen molar-refractivity contribution in [2.45, 2.75) is 51.1 Å². The second-order valence-corrected chi connectivity index (χ2v) is 20.3. The number of hydrogen-bond acceptors (Lipinski definition) is 24. The summed E-state index contributed by atoms with van der Waals surface area (Å²) < 4.78 is 40.2. The van der Waals surface area contributed by atoms with Gasteiger partial charge in [-0.2, -0.15) is 0 Å². The summed E-state index contributed by atoms with van der Waals surface area (Å²) in [5.74, 6) is -1.72. The number of urea groups is 6. The number of aliphatic hydroxyl groups is 10. The van der Waals surface area contributed by atoms with Crippen LogP contribution < -0.4 is 0 Å². The van der Waals surface area contributed by atoms with Crippen LogP contribution >= 0.6 is 0 Å². The summed E-state index contributed by atoms with van der Waals surface area (Å²) >= 11 is 0. The van der Waals surface area contributed by atoms with Gasteiger partial charge in [-0.25, -0.2) is 33.7 Å². The molecular formula is C50H100N12O24. The lowest BCUT2D eigenvalue weighted by Gasteiger charge is -2.45. The molecule has 6 aliphatic rings. The van der Waals surface area contributed by atoms with E-state index in [2.05, 4.69) is 13.8 Å². The smallest absolute Gasteiger partial charge is 0.327 e. The minimum atomic E-state index is -1.72. The van der Waals surface area contributed by atoms with E-state index in [1.807, 2.05) is 0 Å². The molecule has 0 radical (unpaired) electrons. The first kappa shape index (κ1) is 78.9. The van der Waals surface area contributed by atoms with Crippen LogP contribution in [0.2, 0.25) is 0 Å². The van der Waals surface area contributed by atoms with Gasteiger partial charge in [0.1, 0.15) is 47.1 Å². The molecular weight excluding hydrogens is 1150 g/mol. The number of carbonyl (C=O) groups is 6. The van der Waals surface area contributed by atoms with Crippen molar-refractivity contribution >= 4 is 36.2 Å². The highest BCUT2D eigenvalue weighted by Gasteiger charge is 2.69. The van der Waals surface area contributed by atoms with Crippen molar-refractivity contribution in [1.29, 1.82) is 0 Å². The first-order valence-electron chi connectivity index (χ1n) is 27.7. The highest BCUT2D eigenvalue weighted by molar-refractivity contribution is 5.80. The molecule has 0 saturated carbocycles. The van der Waals surface area contributed by atoms with Crippen LogP contribution in [0.5, 0.6) is 0 Å². The molecule has 6 rings (SSSR count). The molecule has 2 atom stereocenters. The van der Waals surface area contributed by atoms with Crippen molar-refractivity contribution in [2.75, 3.05) is 235 Å². The van der Waals surface area contributed by atoms with Gasteiger partial charge in [-0.3, -0.25) is 24.5 Å². The number of rotatable bonds is 27. The minimum absolute atomic E-state index is 0.00262. The Bertz CT molecular complexity index is 1810. The topological polar surface area (TPSA) is 417 Å². The molecule has 0 aromatic heterocycles. The predicted molar refractivity (Wildman–Crippen MR) is 300 cm³/mol. The van der Waals surface area contributed by atoms with Crippen LogP contribution in [0, 0.1) is 5.41 Å². The zero-order valence-electron chi connectivity index (χ0n) is 51.7. The van der Waals surface area contributed by atoms with E-state index >= 15 is 0 Å². The Morgan fingerprint density at radius 3 is 1.28 bits per heavy atom. The lowest BCUT2D eigenvalue weighted by Crippen LogP contribution is -2.68. The molecule has 36 nitrogen and oxygen atoms in total. The van der Waals surface area contributed by atoms with Crippen molar-refractivity contribution in [3.05, 3.63) is 0 Å². The highest BCUT2D eigenvalue weighted by atomic mass is 16.7. The molecule has 0 aliphatic carbocycles. The van der Waals surface area contributed by atoms with Crippen molar-refractivity contribution in [3.8, 4) is 0 Å². The maximum Gasteiger partial charge on any atom is 0.327 e. The lowest BCUT2D eigenvalue weighted by molar-refractivity contribution is -0.329. The average Bonchev–Trinajstić information content (AvgIpc) is 1.58. The molecule has 0 spiro atoms. The number of likely N-dealkylation sites (N-methyl/N-ethyl adjacent to an activating group) is 1. The molecule has 504 valence electrons. The molecule has 0 aromatic rings. The fraction of sp³-hybridized carbons (Fsp3) is 0.880. The quantitative estimate of drug-likeness (QED) is 0.0344. The Morgan fingerprint density at radius 2 is 0.814 bits per heavy atom. The number of ether oxygens (including phenoxy) is 8. The van der Waals surface area contributed by atoms with E-state index in [4.69, 9.17) is 68.5 Å². The zero-order chi connectivity index (χ0) is 65.2. The van der Waals surface area contributed by atoms with E-state index in [1.165, 1.54) is 38.2 Å². The minimum Gasteiger partial charge on any atom is -0.395 e. The standard InChI is InChI=1S/C11H22N2O7.C10H20N2O3.C8H16N2O3.2C7H14N2O4.C7H14N2O3/c1-18-8-13-9(17)12(4-5-14)10(6-15,7-16)11(13,19-2)20-3;1-10(2)6-11(4-5-13)9(14)12(7-10)8-15-3;1-13-7-10-4-2-3-9(5-6-11)8(10)12;1-12-4-9-6-13-5-8(2-3-10)7(9)11;1-2-8-5(11)6(12)9(3-4-10)7(8)13;1-12-6-9-3-2-8(4-5-10)7(9)11/h14-16H,4-8H2,1-3H3;13H,4-8H2,1-3H3;11H,2-7H2,1H3;10H,2-6H2,1H3;5-6,10-12H,2-4H2,1H3;10H,2-6H2,1H3. The molecule has 0 bridgehead atoms. The fourth-order valence-electron chi connectivity index (χ4n) is 9.79. The van der Waals surface area contributed by atoms with Gasteiger partial charge in [0.25, 0.3) is 5.91 Å². The SMILES string of the molecule is CCN1C(=O)N(CCO)C(O)C1O.COCN1C(=O)N(CCO)C(CO)(CO)C1(OC)OC.COCN1CC(C)(C)CN(CCO)C1=O.COCN1CCCN(CCO)C1=O.COCN1CCN(CCO)C1=O.COCN1COCN(CCO)C1=O. The van der Waals surface area contributed by atoms with Crippen molar-refractivity contribution in [3.63, 3.8) is 0 Å². The summed E-state index contributed by atoms with van der Waals surface area (Å²) in [6.07, 6.45) is -1.49. The summed E-state index contributed by atoms with van der Waals surface area (Å²) in [4.78, 5) is 87.1. The number of amides is 12. The third-order valence-corrected chi connectivity index (χ3v) is 13.7. The van der Waals surface area contributed by atoms with Crippen molar-refractivity contribution in [1.82, 2.24) is 58.8 Å². The van der Waals surface area contributed by atoms with E-state index in [-0.39, 0.29) is 109 Å². The number of β-amino-alcohol motifs (C(OH)–C–C–N with tert-alkyl or cyclic N) is 6. The third kappa shape index (κ3) is 21.3. The van der Waals surface area contributed by atoms with Crippen LogP contribution in [0.1, 0.15) is 27.2 Å². The Balaban J connectivity index is 0.000000521. The fourth-order valence-corrected chi connectivity index (χ4v) is 9.79. The zero-order valence-corrected chi connectivity index (χ0v) is 51.7. The van der Waals surface area contributed by atoms with Crippen LogP contribution in [0.15, 0.2) is 0 Å². The Morgan fingerprint density at radius 1 is 0.430 bits per heavy atom.